The maximum atomic E-state index is 5.99. The molecule has 1 saturated heterocycles. The lowest BCUT2D eigenvalue weighted by molar-refractivity contribution is 0.115. The molecule has 10 nitrogen and oxygen atoms in total. The van der Waals surface area contributed by atoms with E-state index in [0.29, 0.717) is 36.7 Å². The van der Waals surface area contributed by atoms with Gasteiger partial charge in [0.25, 0.3) is 0 Å². The van der Waals surface area contributed by atoms with Crippen LogP contribution in [0.5, 0.6) is 5.88 Å². The highest BCUT2D eigenvalue weighted by Crippen LogP contribution is 2.39. The first kappa shape index (κ1) is 21.0. The largest absolute Gasteiger partial charge is 0.476 e. The molecule has 1 aliphatic carbocycles. The summed E-state index contributed by atoms with van der Waals surface area (Å²) < 4.78 is 5.99. The van der Waals surface area contributed by atoms with Crippen LogP contribution in [-0.4, -0.2) is 63.9 Å². The van der Waals surface area contributed by atoms with E-state index in [1.54, 1.807) is 0 Å². The quantitative estimate of drug-likeness (QED) is 0.419. The molecule has 1 atom stereocenters. The lowest BCUT2D eigenvalue weighted by Gasteiger charge is -2.15. The van der Waals surface area contributed by atoms with Crippen LogP contribution in [0, 0.1) is 0 Å². The zero-order valence-electron chi connectivity index (χ0n) is 18.6. The van der Waals surface area contributed by atoms with Crippen LogP contribution in [0.3, 0.4) is 0 Å². The zero-order chi connectivity index (χ0) is 21.8. The van der Waals surface area contributed by atoms with Crippen LogP contribution in [-0.2, 0) is 4.84 Å². The molecule has 1 unspecified atom stereocenters. The lowest BCUT2D eigenvalue weighted by atomic mass is 10.2. The van der Waals surface area contributed by atoms with Gasteiger partial charge in [0.05, 0.1) is 12.6 Å². The van der Waals surface area contributed by atoms with Crippen LogP contribution in [0.15, 0.2) is 24.0 Å². The predicted molar refractivity (Wildman–Crippen MR) is 122 cm³/mol. The molecule has 0 spiro atoms. The van der Waals surface area contributed by atoms with E-state index in [1.165, 1.54) is 31.4 Å². The van der Waals surface area contributed by atoms with Gasteiger partial charge < -0.3 is 20.2 Å². The fraction of sp³-hybridized carbons (Fsp3) is 0.591. The SMILES string of the molecule is CCC1C=C(CNc2nc(Nc3cc(C4CC4)[nH]n3)cc(OCCN3CCCC3)n2)ON1. The Balaban J connectivity index is 1.25. The molecule has 2 aromatic rings. The minimum absolute atomic E-state index is 0.241. The summed E-state index contributed by atoms with van der Waals surface area (Å²) in [5.74, 6) is 3.85. The summed E-state index contributed by atoms with van der Waals surface area (Å²) in [6, 6.07) is 4.11. The Labute approximate surface area is 188 Å². The fourth-order valence-corrected chi connectivity index (χ4v) is 3.97. The third-order valence-electron chi connectivity index (χ3n) is 6.02. The monoisotopic (exact) mass is 440 g/mol. The van der Waals surface area contributed by atoms with Crippen molar-refractivity contribution in [2.24, 2.45) is 0 Å². The van der Waals surface area contributed by atoms with Gasteiger partial charge in [-0.2, -0.15) is 20.5 Å². The second-order valence-corrected chi connectivity index (χ2v) is 8.64. The highest BCUT2D eigenvalue weighted by atomic mass is 16.7. The number of hydrogen-bond donors (Lipinski definition) is 4. The van der Waals surface area contributed by atoms with Crippen molar-refractivity contribution in [2.45, 2.75) is 51.0 Å². The molecule has 4 heterocycles. The van der Waals surface area contributed by atoms with Crippen LogP contribution in [0.25, 0.3) is 0 Å². The van der Waals surface area contributed by atoms with Crippen molar-refractivity contribution in [1.29, 1.82) is 0 Å². The van der Waals surface area contributed by atoms with Gasteiger partial charge in [-0.15, -0.1) is 0 Å². The van der Waals surface area contributed by atoms with E-state index in [4.69, 9.17) is 9.57 Å². The Morgan fingerprint density at radius 2 is 2.06 bits per heavy atom. The molecule has 4 N–H and O–H groups in total. The number of ether oxygens (including phenoxy) is 1. The van der Waals surface area contributed by atoms with E-state index in [-0.39, 0.29) is 6.04 Å². The van der Waals surface area contributed by atoms with Crippen LogP contribution < -0.4 is 20.9 Å². The summed E-state index contributed by atoms with van der Waals surface area (Å²) in [5, 5.41) is 14.0. The second-order valence-electron chi connectivity index (χ2n) is 8.64. The smallest absolute Gasteiger partial charge is 0.228 e. The van der Waals surface area contributed by atoms with Gasteiger partial charge in [0.1, 0.15) is 18.2 Å². The highest BCUT2D eigenvalue weighted by molar-refractivity contribution is 5.55. The molecule has 0 aromatic carbocycles. The molecule has 0 amide bonds. The van der Waals surface area contributed by atoms with E-state index in [1.807, 2.05) is 6.07 Å². The van der Waals surface area contributed by atoms with Crippen molar-refractivity contribution in [3.63, 3.8) is 0 Å². The minimum Gasteiger partial charge on any atom is -0.476 e. The highest BCUT2D eigenvalue weighted by Gasteiger charge is 2.25. The van der Waals surface area contributed by atoms with E-state index in [0.717, 1.165) is 37.6 Å². The number of nitrogens with zero attached hydrogens (tertiary/aromatic N) is 4. The lowest BCUT2D eigenvalue weighted by Crippen LogP contribution is -2.25. The molecule has 5 rings (SSSR count). The summed E-state index contributed by atoms with van der Waals surface area (Å²) in [4.78, 5) is 17.1. The normalized spacial score (nSPS) is 20.8. The van der Waals surface area contributed by atoms with Gasteiger partial charge in [0.15, 0.2) is 5.82 Å². The first-order chi connectivity index (χ1) is 15.7. The third-order valence-corrected chi connectivity index (χ3v) is 6.02. The van der Waals surface area contributed by atoms with Crippen molar-refractivity contribution in [1.82, 2.24) is 30.5 Å². The Morgan fingerprint density at radius 1 is 1.19 bits per heavy atom. The van der Waals surface area contributed by atoms with E-state index < -0.39 is 0 Å². The number of hydroxylamine groups is 1. The van der Waals surface area contributed by atoms with E-state index >= 15 is 0 Å². The van der Waals surface area contributed by atoms with Crippen LogP contribution in [0.4, 0.5) is 17.6 Å². The Bertz CT molecular complexity index is 936. The van der Waals surface area contributed by atoms with Crippen molar-refractivity contribution < 1.29 is 9.57 Å². The van der Waals surface area contributed by atoms with Gasteiger partial charge >= 0.3 is 0 Å². The average molecular weight is 441 g/mol. The maximum absolute atomic E-state index is 5.99. The predicted octanol–water partition coefficient (Wildman–Crippen LogP) is 2.90. The van der Waals surface area contributed by atoms with Crippen LogP contribution in [0.1, 0.15) is 50.6 Å². The molecule has 2 aromatic heterocycles. The third kappa shape index (κ3) is 5.49. The van der Waals surface area contributed by atoms with Gasteiger partial charge in [0, 0.05) is 30.3 Å². The summed E-state index contributed by atoms with van der Waals surface area (Å²) in [7, 11) is 0. The summed E-state index contributed by atoms with van der Waals surface area (Å²) >= 11 is 0. The number of H-pyrrole nitrogens is 1. The molecule has 32 heavy (non-hydrogen) atoms. The zero-order valence-corrected chi connectivity index (χ0v) is 18.6. The summed E-state index contributed by atoms with van der Waals surface area (Å²) in [6.45, 7) is 6.41. The number of rotatable bonds is 11. The molecule has 2 aliphatic heterocycles. The maximum Gasteiger partial charge on any atom is 0.228 e. The Kier molecular flexibility index (Phi) is 6.40. The summed E-state index contributed by atoms with van der Waals surface area (Å²) in [5.41, 5.74) is 4.16. The molecular formula is C22H32N8O2. The standard InChI is InChI=1S/C22H32N8O2/c1-2-16-11-17(32-29-16)14-23-22-25-19(24-20-12-18(27-28-20)15-5-6-15)13-21(26-22)31-10-9-30-7-3-4-8-30/h11-13,15-16,29H,2-10,14H2,1H3,(H3,23,24,25,26,27,28). The first-order valence-electron chi connectivity index (χ1n) is 11.7. The molecule has 1 saturated carbocycles. The number of aromatic nitrogens is 4. The van der Waals surface area contributed by atoms with Gasteiger partial charge in [0.2, 0.25) is 11.8 Å². The van der Waals surface area contributed by atoms with Gasteiger partial charge in [-0.05, 0) is 51.3 Å². The molecule has 3 aliphatic rings. The number of anilines is 3. The Morgan fingerprint density at radius 3 is 2.84 bits per heavy atom. The molecule has 2 fully saturated rings. The minimum atomic E-state index is 0.241. The average Bonchev–Trinajstić information content (AvgIpc) is 3.19. The van der Waals surface area contributed by atoms with Crippen molar-refractivity contribution >= 4 is 17.6 Å². The molecule has 0 bridgehead atoms. The van der Waals surface area contributed by atoms with Crippen LogP contribution in [0.2, 0.25) is 0 Å². The van der Waals surface area contributed by atoms with Crippen molar-refractivity contribution in [3.8, 4) is 5.88 Å². The number of likely N-dealkylation sites (tertiary alicyclic amines) is 1. The summed E-state index contributed by atoms with van der Waals surface area (Å²) in [6.07, 6.45) is 8.04. The van der Waals surface area contributed by atoms with Crippen molar-refractivity contribution in [3.05, 3.63) is 29.7 Å². The van der Waals surface area contributed by atoms with E-state index in [9.17, 15) is 0 Å². The number of nitrogens with one attached hydrogen (secondary N) is 4. The molecule has 0 radical (unpaired) electrons. The fourth-order valence-electron chi connectivity index (χ4n) is 3.97. The van der Waals surface area contributed by atoms with E-state index in [2.05, 4.69) is 60.2 Å². The molecular weight excluding hydrogens is 408 g/mol. The van der Waals surface area contributed by atoms with Crippen molar-refractivity contribution in [2.75, 3.05) is 43.4 Å². The number of hydrogen-bond acceptors (Lipinski definition) is 9. The van der Waals surface area contributed by atoms with Crippen LogP contribution >= 0.6 is 0 Å². The van der Waals surface area contributed by atoms with Gasteiger partial charge in [-0.1, -0.05) is 6.92 Å². The first-order valence-corrected chi connectivity index (χ1v) is 11.7. The molecule has 172 valence electrons. The molecule has 10 heteroatoms. The van der Waals surface area contributed by atoms with Gasteiger partial charge in [-0.3, -0.25) is 10.00 Å². The number of aromatic amines is 1. The van der Waals surface area contributed by atoms with Gasteiger partial charge in [-0.25, -0.2) is 0 Å². The second kappa shape index (κ2) is 9.74. The topological polar surface area (TPSA) is 112 Å². The Hall–Kier alpha value is -2.85.